The van der Waals surface area contributed by atoms with Crippen LogP contribution in [0.3, 0.4) is 0 Å². The number of aryl methyl sites for hydroxylation is 1. The van der Waals surface area contributed by atoms with Crippen molar-refractivity contribution in [3.63, 3.8) is 0 Å². The van der Waals surface area contributed by atoms with Crippen molar-refractivity contribution in [1.82, 2.24) is 14.3 Å². The van der Waals surface area contributed by atoms with E-state index in [0.717, 1.165) is 17.5 Å². The normalized spacial score (nSPS) is 11.4. The summed E-state index contributed by atoms with van der Waals surface area (Å²) in [6, 6.07) is 13.2. The highest BCUT2D eigenvalue weighted by Gasteiger charge is 2.15. The zero-order chi connectivity index (χ0) is 16.5. The molecular weight excluding hydrogens is 306 g/mol. The third kappa shape index (κ3) is 2.36. The highest BCUT2D eigenvalue weighted by molar-refractivity contribution is 5.76. The number of benzene rings is 1. The van der Waals surface area contributed by atoms with Gasteiger partial charge in [-0.2, -0.15) is 0 Å². The molecule has 0 radical (unpaired) electrons. The van der Waals surface area contributed by atoms with Crippen LogP contribution in [0.1, 0.15) is 19.0 Å². The lowest BCUT2D eigenvalue weighted by Crippen LogP contribution is -2.24. The largest absolute Gasteiger partial charge is 0.461 e. The number of rotatable bonds is 5. The van der Waals surface area contributed by atoms with Gasteiger partial charge in [-0.3, -0.25) is 9.13 Å². The van der Waals surface area contributed by atoms with E-state index in [1.54, 1.807) is 23.0 Å². The van der Waals surface area contributed by atoms with E-state index in [0.29, 0.717) is 30.3 Å². The third-order valence-electron chi connectivity index (χ3n) is 4.02. The molecule has 1 aromatic carbocycles. The van der Waals surface area contributed by atoms with E-state index < -0.39 is 0 Å². The van der Waals surface area contributed by atoms with Crippen molar-refractivity contribution in [1.29, 1.82) is 0 Å². The SMILES string of the molecule is CCCn1c(=O)n(Cc2cc(-c3ccco3)on2)c2ccccc21. The molecule has 3 aromatic heterocycles. The van der Waals surface area contributed by atoms with Gasteiger partial charge in [-0.1, -0.05) is 24.2 Å². The fourth-order valence-corrected chi connectivity index (χ4v) is 2.95. The number of fused-ring (bicyclic) bond motifs is 1. The smallest absolute Gasteiger partial charge is 0.329 e. The van der Waals surface area contributed by atoms with Crippen LogP contribution < -0.4 is 5.69 Å². The van der Waals surface area contributed by atoms with Crippen molar-refractivity contribution in [3.05, 3.63) is 64.9 Å². The lowest BCUT2D eigenvalue weighted by Gasteiger charge is -1.99. The summed E-state index contributed by atoms with van der Waals surface area (Å²) in [6.45, 7) is 3.12. The molecule has 0 atom stereocenters. The molecule has 0 bridgehead atoms. The minimum absolute atomic E-state index is 0.0272. The van der Waals surface area contributed by atoms with Crippen LogP contribution in [0, 0.1) is 0 Å². The zero-order valence-corrected chi connectivity index (χ0v) is 13.3. The van der Waals surface area contributed by atoms with Gasteiger partial charge in [0.25, 0.3) is 0 Å². The van der Waals surface area contributed by atoms with E-state index in [1.165, 1.54) is 0 Å². The van der Waals surface area contributed by atoms with E-state index in [9.17, 15) is 4.79 Å². The molecule has 0 amide bonds. The summed E-state index contributed by atoms with van der Waals surface area (Å²) < 4.78 is 14.2. The number of imidazole rings is 1. The Morgan fingerprint density at radius 2 is 1.83 bits per heavy atom. The van der Waals surface area contributed by atoms with Gasteiger partial charge in [-0.25, -0.2) is 4.79 Å². The Balaban J connectivity index is 1.75. The van der Waals surface area contributed by atoms with Gasteiger partial charge in [-0.15, -0.1) is 0 Å². The molecule has 4 rings (SSSR count). The Kier molecular flexibility index (Phi) is 3.57. The minimum atomic E-state index is -0.0272. The van der Waals surface area contributed by atoms with Crippen LogP contribution >= 0.6 is 0 Å². The van der Waals surface area contributed by atoms with Crippen LogP contribution in [0.4, 0.5) is 0 Å². The molecule has 0 saturated heterocycles. The molecule has 0 aliphatic heterocycles. The highest BCUT2D eigenvalue weighted by atomic mass is 16.5. The first-order chi connectivity index (χ1) is 11.8. The van der Waals surface area contributed by atoms with Crippen LogP contribution in [-0.4, -0.2) is 14.3 Å². The molecule has 0 saturated carbocycles. The molecule has 122 valence electrons. The average Bonchev–Trinajstić information content (AvgIpc) is 3.32. The summed E-state index contributed by atoms with van der Waals surface area (Å²) in [5, 5.41) is 4.07. The first-order valence-corrected chi connectivity index (χ1v) is 7.95. The molecular formula is C18H17N3O3. The fourth-order valence-electron chi connectivity index (χ4n) is 2.95. The van der Waals surface area contributed by atoms with Crippen molar-refractivity contribution >= 4 is 11.0 Å². The van der Waals surface area contributed by atoms with Gasteiger partial charge in [0.1, 0.15) is 5.69 Å². The second-order valence-electron chi connectivity index (χ2n) is 5.67. The predicted molar refractivity (Wildman–Crippen MR) is 89.8 cm³/mol. The van der Waals surface area contributed by atoms with Gasteiger partial charge in [0.2, 0.25) is 5.76 Å². The summed E-state index contributed by atoms with van der Waals surface area (Å²) in [5.41, 5.74) is 2.50. The Morgan fingerprint density at radius 1 is 1.04 bits per heavy atom. The second kappa shape index (κ2) is 5.88. The predicted octanol–water partition coefficient (Wildman–Crippen LogP) is 3.51. The lowest BCUT2D eigenvalue weighted by atomic mass is 10.3. The second-order valence-corrected chi connectivity index (χ2v) is 5.67. The summed E-state index contributed by atoms with van der Waals surface area (Å²) in [6.07, 6.45) is 2.49. The summed E-state index contributed by atoms with van der Waals surface area (Å²) in [4.78, 5) is 12.8. The van der Waals surface area contributed by atoms with Gasteiger partial charge in [-0.05, 0) is 30.7 Å². The van der Waals surface area contributed by atoms with Gasteiger partial charge in [0, 0.05) is 12.6 Å². The van der Waals surface area contributed by atoms with Crippen molar-refractivity contribution in [2.24, 2.45) is 0 Å². The standard InChI is InChI=1S/C18H17N3O3/c1-2-9-20-14-6-3-4-7-15(14)21(18(20)22)12-13-11-17(24-19-13)16-8-5-10-23-16/h3-8,10-11H,2,9,12H2,1H3. The molecule has 0 unspecified atom stereocenters. The Labute approximate surface area is 137 Å². The maximum Gasteiger partial charge on any atom is 0.329 e. The number of aromatic nitrogens is 3. The van der Waals surface area contributed by atoms with Gasteiger partial charge < -0.3 is 8.94 Å². The van der Waals surface area contributed by atoms with E-state index in [2.05, 4.69) is 12.1 Å². The van der Waals surface area contributed by atoms with Crippen molar-refractivity contribution in [2.75, 3.05) is 0 Å². The summed E-state index contributed by atoms with van der Waals surface area (Å²) in [7, 11) is 0. The van der Waals surface area contributed by atoms with Crippen molar-refractivity contribution in [2.45, 2.75) is 26.4 Å². The molecule has 3 heterocycles. The number of nitrogens with zero attached hydrogens (tertiary/aromatic N) is 3. The van der Waals surface area contributed by atoms with Crippen LogP contribution in [-0.2, 0) is 13.1 Å². The van der Waals surface area contributed by atoms with Crippen molar-refractivity contribution < 1.29 is 8.94 Å². The van der Waals surface area contributed by atoms with Crippen molar-refractivity contribution in [3.8, 4) is 11.5 Å². The zero-order valence-electron chi connectivity index (χ0n) is 13.3. The summed E-state index contributed by atoms with van der Waals surface area (Å²) >= 11 is 0. The maximum absolute atomic E-state index is 12.8. The molecule has 0 fully saturated rings. The Hall–Kier alpha value is -3.02. The Morgan fingerprint density at radius 3 is 2.54 bits per heavy atom. The van der Waals surface area contributed by atoms with Crippen LogP contribution in [0.5, 0.6) is 0 Å². The Bertz CT molecular complexity index is 1020. The van der Waals surface area contributed by atoms with Crippen LogP contribution in [0.25, 0.3) is 22.6 Å². The topological polar surface area (TPSA) is 66.1 Å². The number of hydrogen-bond donors (Lipinski definition) is 0. The molecule has 6 nitrogen and oxygen atoms in total. The lowest BCUT2D eigenvalue weighted by molar-refractivity contribution is 0.408. The van der Waals surface area contributed by atoms with E-state index in [4.69, 9.17) is 8.94 Å². The monoisotopic (exact) mass is 323 g/mol. The molecule has 0 spiro atoms. The molecule has 0 N–H and O–H groups in total. The van der Waals surface area contributed by atoms with E-state index >= 15 is 0 Å². The number of hydrogen-bond acceptors (Lipinski definition) is 4. The molecule has 24 heavy (non-hydrogen) atoms. The quantitative estimate of drug-likeness (QED) is 0.564. The van der Waals surface area contributed by atoms with Gasteiger partial charge in [0.15, 0.2) is 5.76 Å². The average molecular weight is 323 g/mol. The fraction of sp³-hybridized carbons (Fsp3) is 0.222. The molecule has 6 heteroatoms. The van der Waals surface area contributed by atoms with Gasteiger partial charge in [0.05, 0.1) is 23.8 Å². The minimum Gasteiger partial charge on any atom is -0.461 e. The summed E-state index contributed by atoms with van der Waals surface area (Å²) in [5.74, 6) is 1.18. The number of furan rings is 1. The number of para-hydroxylation sites is 2. The molecule has 0 aliphatic carbocycles. The maximum atomic E-state index is 12.8. The molecule has 0 aliphatic rings. The first kappa shape index (κ1) is 14.6. The first-order valence-electron chi connectivity index (χ1n) is 7.95. The van der Waals surface area contributed by atoms with Crippen LogP contribution in [0.2, 0.25) is 0 Å². The van der Waals surface area contributed by atoms with Crippen LogP contribution in [0.15, 0.2) is 62.5 Å². The van der Waals surface area contributed by atoms with E-state index in [1.807, 2.05) is 34.9 Å². The van der Waals surface area contributed by atoms with Gasteiger partial charge >= 0.3 is 5.69 Å². The third-order valence-corrected chi connectivity index (χ3v) is 4.02. The highest BCUT2D eigenvalue weighted by Crippen LogP contribution is 2.21. The molecule has 4 aromatic rings. The van der Waals surface area contributed by atoms with E-state index in [-0.39, 0.29) is 5.69 Å².